The molecule has 2 N–H and O–H groups in total. The molecule has 0 aliphatic carbocycles. The maximum absolute atomic E-state index is 13.5. The van der Waals surface area contributed by atoms with E-state index in [1.165, 1.54) is 5.56 Å². The number of fused-ring (bicyclic) bond motifs is 3. The van der Waals surface area contributed by atoms with Crippen LogP contribution in [0.5, 0.6) is 5.88 Å². The highest BCUT2D eigenvalue weighted by Gasteiger charge is 2.38. The number of hydrogen-bond acceptors (Lipinski definition) is 13. The highest BCUT2D eigenvalue weighted by atomic mass is 16.6. The lowest BCUT2D eigenvalue weighted by atomic mass is 9.92. The first-order valence-corrected chi connectivity index (χ1v) is 23.0. The molecule has 3 saturated heterocycles. The number of ether oxygens (including phenoxy) is 2. The van der Waals surface area contributed by atoms with Gasteiger partial charge in [-0.05, 0) is 81.5 Å². The number of piperazine rings is 1. The fourth-order valence-corrected chi connectivity index (χ4v) is 10.0. The maximum Gasteiger partial charge on any atom is 0.415 e. The van der Waals surface area contributed by atoms with Gasteiger partial charge in [0.05, 0.1) is 47.7 Å². The monoisotopic (exact) mass is 895 g/mol. The van der Waals surface area contributed by atoms with Crippen LogP contribution in [-0.2, 0) is 45.6 Å². The number of rotatable bonds is 8. The maximum atomic E-state index is 13.5. The van der Waals surface area contributed by atoms with Gasteiger partial charge in [-0.1, -0.05) is 24.3 Å². The van der Waals surface area contributed by atoms with Gasteiger partial charge in [0.25, 0.3) is 0 Å². The number of piperidine rings is 1. The number of nitrogens with zero attached hydrogens (tertiary/aromatic N) is 9. The van der Waals surface area contributed by atoms with Gasteiger partial charge in [-0.2, -0.15) is 5.10 Å². The molecule has 8 heterocycles. The molecule has 5 aliphatic rings. The third-order valence-electron chi connectivity index (χ3n) is 13.5. The summed E-state index contributed by atoms with van der Waals surface area (Å²) in [6.45, 7) is 14.6. The summed E-state index contributed by atoms with van der Waals surface area (Å²) in [5.74, 6) is 0.378. The van der Waals surface area contributed by atoms with E-state index in [0.29, 0.717) is 69.7 Å². The SMILES string of the molecule is Cc1c(N2CCc3cnc(Nc4ccc(CC(=O)N5CCN(C6CN(c7cccc8c(C9CCC(=O)NC9=O)nn(C)c78)C6)CC5)cc4)cc3C2)cnc2c1N(C(=O)OC(C)(C)C)CCO2. The van der Waals surface area contributed by atoms with E-state index < -0.39 is 17.6 Å². The molecule has 17 heteroatoms. The fraction of sp³-hybridized carbons (Fsp3) is 0.449. The Hall–Kier alpha value is -6.75. The average Bonchev–Trinajstić information content (AvgIpc) is 3.62. The van der Waals surface area contributed by atoms with Crippen molar-refractivity contribution in [2.75, 3.05) is 79.0 Å². The molecule has 66 heavy (non-hydrogen) atoms. The van der Waals surface area contributed by atoms with E-state index in [1.807, 2.05) is 93.1 Å². The number of para-hydroxylation sites is 1. The Balaban J connectivity index is 0.713. The molecule has 3 fully saturated rings. The summed E-state index contributed by atoms with van der Waals surface area (Å²) in [6, 6.07) is 16.7. The number of pyridine rings is 2. The van der Waals surface area contributed by atoms with Crippen LogP contribution in [0.25, 0.3) is 10.9 Å². The Bertz CT molecular complexity index is 2720. The van der Waals surface area contributed by atoms with Crippen molar-refractivity contribution in [3.63, 3.8) is 0 Å². The van der Waals surface area contributed by atoms with Crippen molar-refractivity contribution >= 4 is 63.3 Å². The topological polar surface area (TPSA) is 171 Å². The van der Waals surface area contributed by atoms with Crippen LogP contribution in [0, 0.1) is 6.92 Å². The van der Waals surface area contributed by atoms with Crippen LogP contribution in [0.4, 0.5) is 33.4 Å². The molecule has 344 valence electrons. The molecule has 1 atom stereocenters. The lowest BCUT2D eigenvalue weighted by Crippen LogP contribution is -2.63. The average molecular weight is 896 g/mol. The van der Waals surface area contributed by atoms with Crippen molar-refractivity contribution in [3.05, 3.63) is 88.9 Å². The molecule has 4 amide bonds. The molecular weight excluding hydrogens is 839 g/mol. The van der Waals surface area contributed by atoms with Gasteiger partial charge in [0.15, 0.2) is 0 Å². The first-order valence-electron chi connectivity index (χ1n) is 23.0. The normalized spacial score (nSPS) is 19.2. The smallest absolute Gasteiger partial charge is 0.415 e. The minimum atomic E-state index is -0.622. The molecule has 3 aromatic heterocycles. The Morgan fingerprint density at radius 3 is 2.45 bits per heavy atom. The number of carbonyl (C=O) groups is 4. The second kappa shape index (κ2) is 17.2. The molecule has 10 rings (SSSR count). The zero-order valence-electron chi connectivity index (χ0n) is 38.3. The summed E-state index contributed by atoms with van der Waals surface area (Å²) in [4.78, 5) is 71.3. The zero-order valence-corrected chi connectivity index (χ0v) is 38.3. The van der Waals surface area contributed by atoms with E-state index in [2.05, 4.69) is 42.5 Å². The quantitative estimate of drug-likeness (QED) is 0.195. The summed E-state index contributed by atoms with van der Waals surface area (Å²) in [7, 11) is 1.92. The van der Waals surface area contributed by atoms with Crippen LogP contribution >= 0.6 is 0 Å². The minimum Gasteiger partial charge on any atom is -0.474 e. The van der Waals surface area contributed by atoms with Gasteiger partial charge in [-0.3, -0.25) is 34.2 Å². The summed E-state index contributed by atoms with van der Waals surface area (Å²) in [5.41, 5.74) is 8.95. The van der Waals surface area contributed by atoms with Crippen molar-refractivity contribution in [1.29, 1.82) is 0 Å². The molecule has 0 bridgehead atoms. The van der Waals surface area contributed by atoms with Crippen LogP contribution < -0.4 is 30.1 Å². The van der Waals surface area contributed by atoms with E-state index in [4.69, 9.17) is 19.6 Å². The molecule has 0 spiro atoms. The highest BCUT2D eigenvalue weighted by Crippen LogP contribution is 2.41. The standard InChI is InChI=1S/C49H57N11O6/c1-30-39(26-51-47-44(30)60(21-22-65-47)48(64)66-49(2,3)4)58-16-15-32-25-50-40(24-33(32)27-58)52-34-11-9-31(10-12-34)23-42(62)57-19-17-56(18-20-57)35-28-59(29-35)38-8-6-7-36-43(54-55(5)45(36)38)37-13-14-41(61)53-46(37)63/h6-12,24-26,35,37H,13-23,27-29H2,1-5H3,(H,50,52)(H,53,61,63). The third kappa shape index (κ3) is 8.47. The molecule has 0 saturated carbocycles. The van der Waals surface area contributed by atoms with Gasteiger partial charge in [0.1, 0.15) is 23.7 Å². The van der Waals surface area contributed by atoms with Gasteiger partial charge in [-0.15, -0.1) is 0 Å². The van der Waals surface area contributed by atoms with Crippen LogP contribution in [0.2, 0.25) is 0 Å². The Labute approximate surface area is 384 Å². The second-order valence-corrected chi connectivity index (χ2v) is 19.1. The summed E-state index contributed by atoms with van der Waals surface area (Å²) < 4.78 is 13.5. The molecule has 1 unspecified atom stereocenters. The Morgan fingerprint density at radius 1 is 0.909 bits per heavy atom. The third-order valence-corrected chi connectivity index (χ3v) is 13.5. The summed E-state index contributed by atoms with van der Waals surface area (Å²) >= 11 is 0. The largest absolute Gasteiger partial charge is 0.474 e. The second-order valence-electron chi connectivity index (χ2n) is 19.1. The molecular formula is C49H57N11O6. The predicted molar refractivity (Wildman–Crippen MR) is 250 cm³/mol. The number of hydrogen-bond donors (Lipinski definition) is 2. The summed E-state index contributed by atoms with van der Waals surface area (Å²) in [5, 5.41) is 11.7. The van der Waals surface area contributed by atoms with Crippen molar-refractivity contribution in [2.24, 2.45) is 7.05 Å². The van der Waals surface area contributed by atoms with Crippen LogP contribution in [0.15, 0.2) is 60.9 Å². The van der Waals surface area contributed by atoms with E-state index >= 15 is 0 Å². The van der Waals surface area contributed by atoms with Gasteiger partial charge in [-0.25, -0.2) is 14.8 Å². The lowest BCUT2D eigenvalue weighted by Gasteiger charge is -2.49. The van der Waals surface area contributed by atoms with E-state index in [1.54, 1.807) is 4.90 Å². The van der Waals surface area contributed by atoms with Crippen molar-refractivity contribution in [3.8, 4) is 5.88 Å². The van der Waals surface area contributed by atoms with Crippen molar-refractivity contribution in [2.45, 2.75) is 77.5 Å². The Kier molecular flexibility index (Phi) is 11.3. The molecule has 5 aromatic rings. The highest BCUT2D eigenvalue weighted by molar-refractivity contribution is 6.03. The van der Waals surface area contributed by atoms with Crippen LogP contribution in [-0.4, -0.2) is 124 Å². The molecule has 2 aromatic carbocycles. The van der Waals surface area contributed by atoms with Gasteiger partial charge in [0.2, 0.25) is 23.6 Å². The van der Waals surface area contributed by atoms with E-state index in [-0.39, 0.29) is 17.7 Å². The first-order chi connectivity index (χ1) is 31.8. The molecule has 17 nitrogen and oxygen atoms in total. The number of aryl methyl sites for hydroxylation is 1. The zero-order chi connectivity index (χ0) is 45.9. The van der Waals surface area contributed by atoms with E-state index in [0.717, 1.165) is 95.3 Å². The predicted octanol–water partition coefficient (Wildman–Crippen LogP) is 5.21. The number of anilines is 5. The number of benzene rings is 2. The molecule has 0 radical (unpaired) electrons. The first kappa shape index (κ1) is 43.2. The van der Waals surface area contributed by atoms with Crippen LogP contribution in [0.1, 0.15) is 67.5 Å². The van der Waals surface area contributed by atoms with Crippen molar-refractivity contribution in [1.82, 2.24) is 34.9 Å². The minimum absolute atomic E-state index is 0.135. The number of amides is 4. The van der Waals surface area contributed by atoms with Gasteiger partial charge < -0.3 is 29.5 Å². The Morgan fingerprint density at radius 2 is 1.70 bits per heavy atom. The number of aromatic nitrogens is 4. The van der Waals surface area contributed by atoms with Crippen LogP contribution in [0.3, 0.4) is 0 Å². The summed E-state index contributed by atoms with van der Waals surface area (Å²) in [6.07, 6.45) is 5.33. The van der Waals surface area contributed by atoms with E-state index in [9.17, 15) is 19.2 Å². The number of nitrogens with one attached hydrogen (secondary N) is 2. The number of carbonyl (C=O) groups excluding carboxylic acids is 4. The van der Waals surface area contributed by atoms with Crippen molar-refractivity contribution < 1.29 is 28.7 Å². The van der Waals surface area contributed by atoms with Gasteiger partial charge in [0, 0.05) is 94.7 Å². The number of imide groups is 1. The van der Waals surface area contributed by atoms with Gasteiger partial charge >= 0.3 is 6.09 Å². The molecule has 5 aliphatic heterocycles. The fourth-order valence-electron chi connectivity index (χ4n) is 10.0. The lowest BCUT2D eigenvalue weighted by molar-refractivity contribution is -0.134.